The predicted octanol–water partition coefficient (Wildman–Crippen LogP) is -0.601. The minimum Gasteiger partial charge on any atom is -0.502 e. The fraction of sp³-hybridized carbons (Fsp3) is 0.240. The first-order valence-electron chi connectivity index (χ1n) is 13.8. The Hall–Kier alpha value is -5.79. The number of H-pyrrole nitrogens is 1. The number of nitrogens with zero attached hydrogens (tertiary/aromatic N) is 8. The highest BCUT2D eigenvalue weighted by Crippen LogP contribution is 2.42. The molecule has 0 unspecified atom stereocenters. The Balaban J connectivity index is 1.19. The first-order chi connectivity index (χ1) is 23.9. The lowest BCUT2D eigenvalue weighted by Crippen LogP contribution is -2.70. The Morgan fingerprint density at radius 2 is 2.04 bits per heavy atom. The van der Waals surface area contributed by atoms with Gasteiger partial charge in [-0.2, -0.15) is 14.5 Å². The summed E-state index contributed by atoms with van der Waals surface area (Å²) in [5, 5.41) is 39.5. The van der Waals surface area contributed by atoms with Crippen molar-refractivity contribution in [3.8, 4) is 5.75 Å². The molecule has 2 aliphatic rings. The van der Waals surface area contributed by atoms with Gasteiger partial charge >= 0.3 is 17.6 Å². The van der Waals surface area contributed by atoms with Gasteiger partial charge in [0.05, 0.1) is 6.20 Å². The first-order valence-corrected chi connectivity index (χ1v) is 16.7. The predicted molar refractivity (Wildman–Crippen MR) is 171 cm³/mol. The van der Waals surface area contributed by atoms with Crippen LogP contribution in [0.3, 0.4) is 0 Å². The zero-order chi connectivity index (χ0) is 35.7. The highest BCUT2D eigenvalue weighted by atomic mass is 32.2. The van der Waals surface area contributed by atoms with Crippen molar-refractivity contribution in [2.24, 2.45) is 5.16 Å². The number of anilines is 1. The highest BCUT2D eigenvalue weighted by molar-refractivity contribution is 8.01. The number of carbonyl (C=O) groups is 4. The molecule has 4 aromatic heterocycles. The van der Waals surface area contributed by atoms with Crippen LogP contribution in [0.25, 0.3) is 5.78 Å². The normalized spacial score (nSPS) is 17.3. The number of ether oxygens (including phenoxy) is 1. The average Bonchev–Trinajstić information content (AvgIpc) is 3.71. The molecule has 1 fully saturated rings. The lowest BCUT2D eigenvalue weighted by molar-refractivity contribution is -0.148. The molecule has 0 bridgehead atoms. The molecule has 6 heterocycles. The van der Waals surface area contributed by atoms with E-state index in [1.807, 2.05) is 0 Å². The molecule has 22 nitrogen and oxygen atoms in total. The highest BCUT2D eigenvalue weighted by Gasteiger charge is 2.54. The zero-order valence-corrected chi connectivity index (χ0v) is 27.5. The van der Waals surface area contributed by atoms with Crippen LogP contribution in [-0.2, 0) is 25.8 Å². The van der Waals surface area contributed by atoms with Crippen LogP contribution < -0.4 is 22.1 Å². The molecule has 0 aromatic carbocycles. The summed E-state index contributed by atoms with van der Waals surface area (Å²) in [5.41, 5.74) is 6.93. The third-order valence-corrected chi connectivity index (χ3v) is 9.83. The van der Waals surface area contributed by atoms with Crippen LogP contribution in [0.2, 0.25) is 0 Å². The first kappa shape index (κ1) is 34.1. The number of aromatic nitrogens is 7. The number of hydrogen-bond donors (Lipinski definition) is 7. The summed E-state index contributed by atoms with van der Waals surface area (Å²) in [6, 6.07) is 0.531. The van der Waals surface area contributed by atoms with Crippen molar-refractivity contribution in [2.45, 2.75) is 30.0 Å². The SMILES string of the molecule is Cc1cc(SCC2=C(OC(=O)O)N3C(=O)[C@@H](NC(=O)/C(=N\OCc4nc(=O)c(O)c[nH]4)c4csc(N)n4)[C@H]3SC2)n2nc(C(=O)NO)nc2n1. The number of β-lactam (4-membered cyclic amide) rings is 1. The van der Waals surface area contributed by atoms with Gasteiger partial charge in [0, 0.05) is 28.2 Å². The number of aryl methyl sites for hydroxylation is 1. The van der Waals surface area contributed by atoms with Gasteiger partial charge in [0.15, 0.2) is 29.0 Å². The number of amides is 3. The summed E-state index contributed by atoms with van der Waals surface area (Å²) < 4.78 is 6.34. The van der Waals surface area contributed by atoms with Crippen molar-refractivity contribution < 1.29 is 44.2 Å². The van der Waals surface area contributed by atoms with Crippen molar-refractivity contribution in [3.05, 3.63) is 62.5 Å². The Labute approximate surface area is 289 Å². The van der Waals surface area contributed by atoms with E-state index in [2.05, 4.69) is 40.5 Å². The number of nitrogens with two attached hydrogens (primary N) is 1. The molecular weight excluding hydrogens is 725 g/mol. The lowest BCUT2D eigenvalue weighted by Gasteiger charge is -2.49. The Bertz CT molecular complexity index is 2170. The van der Waals surface area contributed by atoms with Crippen LogP contribution in [-0.4, -0.2) is 107 Å². The molecule has 2 atom stereocenters. The van der Waals surface area contributed by atoms with Crippen LogP contribution in [0, 0.1) is 6.92 Å². The molecule has 25 heteroatoms. The molecule has 6 rings (SSSR count). The summed E-state index contributed by atoms with van der Waals surface area (Å²) in [6.07, 6.45) is -0.654. The zero-order valence-electron chi connectivity index (χ0n) is 25.1. The molecule has 3 amide bonds. The Morgan fingerprint density at radius 1 is 1.24 bits per heavy atom. The number of hydroxylamine groups is 1. The monoisotopic (exact) mass is 746 g/mol. The fourth-order valence-corrected chi connectivity index (χ4v) is 7.59. The van der Waals surface area contributed by atoms with Crippen LogP contribution >= 0.6 is 34.9 Å². The quantitative estimate of drug-likeness (QED) is 0.0192. The second-order valence-electron chi connectivity index (χ2n) is 10.1. The number of fused-ring (bicyclic) bond motifs is 2. The maximum atomic E-state index is 13.4. The van der Waals surface area contributed by atoms with Crippen molar-refractivity contribution in [2.75, 3.05) is 17.2 Å². The van der Waals surface area contributed by atoms with Gasteiger partial charge in [0.1, 0.15) is 22.1 Å². The van der Waals surface area contributed by atoms with E-state index in [0.29, 0.717) is 16.3 Å². The number of nitrogens with one attached hydrogen (secondary N) is 3. The van der Waals surface area contributed by atoms with Crippen LogP contribution in [0.15, 0.2) is 44.1 Å². The van der Waals surface area contributed by atoms with Gasteiger partial charge in [0.2, 0.25) is 11.7 Å². The third-order valence-electron chi connectivity index (χ3n) is 6.74. The van der Waals surface area contributed by atoms with Crippen molar-refractivity contribution in [1.82, 2.24) is 50.2 Å². The molecule has 0 radical (unpaired) electrons. The van der Waals surface area contributed by atoms with E-state index in [-0.39, 0.29) is 51.4 Å². The average molecular weight is 747 g/mol. The third kappa shape index (κ3) is 6.86. The maximum Gasteiger partial charge on any atom is 0.512 e. The minimum absolute atomic E-state index is 0.00662. The molecule has 50 heavy (non-hydrogen) atoms. The number of hydrogen-bond acceptors (Lipinski definition) is 19. The number of aromatic hydroxyl groups is 1. The van der Waals surface area contributed by atoms with Gasteiger partial charge in [-0.1, -0.05) is 5.16 Å². The van der Waals surface area contributed by atoms with Crippen LogP contribution in [0.1, 0.15) is 27.8 Å². The van der Waals surface area contributed by atoms with E-state index >= 15 is 0 Å². The van der Waals surface area contributed by atoms with Crippen molar-refractivity contribution in [1.29, 1.82) is 0 Å². The topological polar surface area (TPSA) is 315 Å². The number of carbonyl (C=O) groups excluding carboxylic acids is 3. The molecule has 0 aliphatic carbocycles. The van der Waals surface area contributed by atoms with E-state index in [9.17, 15) is 34.2 Å². The Kier molecular flexibility index (Phi) is 9.53. The number of aromatic amines is 1. The van der Waals surface area contributed by atoms with Gasteiger partial charge in [-0.3, -0.25) is 29.3 Å². The van der Waals surface area contributed by atoms with E-state index in [1.165, 1.54) is 38.9 Å². The molecule has 0 spiro atoms. The summed E-state index contributed by atoms with van der Waals surface area (Å²) in [6.45, 7) is 1.29. The van der Waals surface area contributed by atoms with Gasteiger partial charge in [-0.25, -0.2) is 20.2 Å². The minimum atomic E-state index is -1.66. The van der Waals surface area contributed by atoms with Crippen molar-refractivity contribution >= 4 is 75.4 Å². The van der Waals surface area contributed by atoms with E-state index in [1.54, 1.807) is 13.0 Å². The number of oxime groups is 1. The van der Waals surface area contributed by atoms with Gasteiger partial charge in [-0.05, 0) is 13.0 Å². The molecule has 4 aromatic rings. The standard InChI is InChI=1S/C25H22N12O10S3/c1-8-2-13(37-24(28-8)32-16(33-37)19(41)34-45)48-5-9-6-49-22-15(20(42)36(22)21(9)47-25(43)44)31-18(40)14(10-7-50-23(26)29-10)35-46-4-12-27-3-11(38)17(39)30-12/h2-3,7,15,22,38,45H,4-6H2,1H3,(H2,26,29)(H,31,40)(H,34,41)(H,43,44)(H,27,30,39)/b35-14-/t15-,22-/m1/s1. The second-order valence-corrected chi connectivity index (χ2v) is 13.1. The summed E-state index contributed by atoms with van der Waals surface area (Å²) in [7, 11) is 0. The summed E-state index contributed by atoms with van der Waals surface area (Å²) >= 11 is 3.43. The lowest BCUT2D eigenvalue weighted by atomic mass is 10.1. The van der Waals surface area contributed by atoms with Gasteiger partial charge in [0.25, 0.3) is 17.6 Å². The number of thiazole rings is 1. The van der Waals surface area contributed by atoms with E-state index in [4.69, 9.17) is 20.5 Å². The number of carboxylic acid groups (broad SMARTS) is 1. The smallest absolute Gasteiger partial charge is 0.502 e. The van der Waals surface area contributed by atoms with E-state index < -0.39 is 53.2 Å². The number of rotatable bonds is 11. The molecule has 1 saturated heterocycles. The molecule has 8 N–H and O–H groups in total. The largest absolute Gasteiger partial charge is 0.512 e. The molecule has 260 valence electrons. The summed E-state index contributed by atoms with van der Waals surface area (Å²) in [4.78, 5) is 86.7. The Morgan fingerprint density at radius 3 is 2.74 bits per heavy atom. The van der Waals surface area contributed by atoms with Gasteiger partial charge in [-0.15, -0.1) is 40.0 Å². The molecule has 2 aliphatic heterocycles. The number of thioether (sulfide) groups is 2. The molecule has 0 saturated carbocycles. The fourth-order valence-electron chi connectivity index (χ4n) is 4.54. The van der Waals surface area contributed by atoms with Crippen LogP contribution in [0.4, 0.5) is 9.93 Å². The number of nitrogen functional groups attached to an aromatic ring is 1. The van der Waals surface area contributed by atoms with Gasteiger partial charge < -0.3 is 35.8 Å². The van der Waals surface area contributed by atoms with E-state index in [0.717, 1.165) is 22.4 Å². The van der Waals surface area contributed by atoms with Crippen molar-refractivity contribution in [3.63, 3.8) is 0 Å². The second kappa shape index (κ2) is 14.0. The summed E-state index contributed by atoms with van der Waals surface area (Å²) in [5.74, 6) is -3.25. The van der Waals surface area contributed by atoms with Crippen LogP contribution in [0.5, 0.6) is 5.75 Å². The maximum absolute atomic E-state index is 13.4. The molecular formula is C25H22N12O10S3.